The van der Waals surface area contributed by atoms with Crippen molar-refractivity contribution in [3.63, 3.8) is 0 Å². The maximum atomic E-state index is 12.0. The van der Waals surface area contributed by atoms with E-state index in [0.29, 0.717) is 19.8 Å². The van der Waals surface area contributed by atoms with Crippen LogP contribution in [0.3, 0.4) is 0 Å². The van der Waals surface area contributed by atoms with Crippen molar-refractivity contribution >= 4 is 6.03 Å². The second-order valence-electron chi connectivity index (χ2n) is 4.68. The Morgan fingerprint density at radius 2 is 2.00 bits per heavy atom. The van der Waals surface area contributed by atoms with Crippen LogP contribution in [-0.4, -0.2) is 62.2 Å². The van der Waals surface area contributed by atoms with Crippen molar-refractivity contribution < 1.29 is 27.4 Å². The summed E-state index contributed by atoms with van der Waals surface area (Å²) in [5.74, 6) is 0. The van der Waals surface area contributed by atoms with Gasteiger partial charge in [0.1, 0.15) is 12.6 Å². The molecule has 0 aliphatic carbocycles. The third-order valence-electron chi connectivity index (χ3n) is 3.20. The number of alkyl halides is 3. The minimum Gasteiger partial charge on any atom is -0.375 e. The summed E-state index contributed by atoms with van der Waals surface area (Å²) in [5, 5.41) is 1.87. The summed E-state index contributed by atoms with van der Waals surface area (Å²) < 4.78 is 47.1. The molecule has 2 unspecified atom stereocenters. The molecule has 0 radical (unpaired) electrons. The van der Waals surface area contributed by atoms with E-state index >= 15 is 0 Å². The first-order valence-electron chi connectivity index (χ1n) is 6.28. The standard InChI is InChI=1S/C11H17F3N2O3/c12-11(13,14)7-15-10(17)16-3-5-19-9(6-16)8-2-1-4-18-8/h8-9H,1-7H2,(H,15,17). The van der Waals surface area contributed by atoms with Gasteiger partial charge in [-0.1, -0.05) is 0 Å². The molecule has 19 heavy (non-hydrogen) atoms. The molecule has 2 atom stereocenters. The van der Waals surface area contributed by atoms with Gasteiger partial charge in [0.25, 0.3) is 0 Å². The van der Waals surface area contributed by atoms with Gasteiger partial charge in [-0.3, -0.25) is 0 Å². The minimum absolute atomic E-state index is 0.0572. The molecule has 2 fully saturated rings. The SMILES string of the molecule is O=C(NCC(F)(F)F)N1CCOC(C2CCCO2)C1. The lowest BCUT2D eigenvalue weighted by Crippen LogP contribution is -2.53. The number of carbonyl (C=O) groups excluding carboxylic acids is 1. The van der Waals surface area contributed by atoms with Crippen LogP contribution in [0, 0.1) is 0 Å². The second kappa shape index (κ2) is 5.96. The second-order valence-corrected chi connectivity index (χ2v) is 4.68. The number of carbonyl (C=O) groups is 1. The molecule has 2 rings (SSSR count). The number of hydrogen-bond acceptors (Lipinski definition) is 3. The van der Waals surface area contributed by atoms with E-state index < -0.39 is 18.8 Å². The molecule has 1 N–H and O–H groups in total. The van der Waals surface area contributed by atoms with E-state index in [0.717, 1.165) is 12.8 Å². The molecule has 2 saturated heterocycles. The molecule has 8 heteroatoms. The summed E-state index contributed by atoms with van der Waals surface area (Å²) in [4.78, 5) is 13.0. The van der Waals surface area contributed by atoms with Gasteiger partial charge in [-0.05, 0) is 12.8 Å². The number of hydrogen-bond donors (Lipinski definition) is 1. The fraction of sp³-hybridized carbons (Fsp3) is 0.909. The third kappa shape index (κ3) is 4.24. The van der Waals surface area contributed by atoms with Crippen LogP contribution in [0.5, 0.6) is 0 Å². The van der Waals surface area contributed by atoms with E-state index in [9.17, 15) is 18.0 Å². The maximum absolute atomic E-state index is 12.0. The van der Waals surface area contributed by atoms with Crippen molar-refractivity contribution in [1.82, 2.24) is 10.2 Å². The van der Waals surface area contributed by atoms with Crippen LogP contribution in [0.1, 0.15) is 12.8 Å². The van der Waals surface area contributed by atoms with Crippen molar-refractivity contribution in [3.8, 4) is 0 Å². The van der Waals surface area contributed by atoms with Gasteiger partial charge in [-0.2, -0.15) is 13.2 Å². The topological polar surface area (TPSA) is 50.8 Å². The fourth-order valence-electron chi connectivity index (χ4n) is 2.27. The Hall–Kier alpha value is -1.02. The summed E-state index contributed by atoms with van der Waals surface area (Å²) in [6.07, 6.45) is -2.88. The molecule has 2 aliphatic heterocycles. The predicted octanol–water partition coefficient (Wildman–Crippen LogP) is 1.14. The van der Waals surface area contributed by atoms with Crippen molar-refractivity contribution in [3.05, 3.63) is 0 Å². The van der Waals surface area contributed by atoms with Crippen LogP contribution >= 0.6 is 0 Å². The first-order valence-corrected chi connectivity index (χ1v) is 6.28. The third-order valence-corrected chi connectivity index (χ3v) is 3.20. The van der Waals surface area contributed by atoms with E-state index in [1.54, 1.807) is 0 Å². The van der Waals surface area contributed by atoms with Crippen molar-refractivity contribution in [2.45, 2.75) is 31.2 Å². The van der Waals surface area contributed by atoms with Gasteiger partial charge >= 0.3 is 12.2 Å². The fourth-order valence-corrected chi connectivity index (χ4v) is 2.27. The van der Waals surface area contributed by atoms with Gasteiger partial charge in [0.15, 0.2) is 0 Å². The number of urea groups is 1. The molecule has 0 aromatic rings. The smallest absolute Gasteiger partial charge is 0.375 e. The van der Waals surface area contributed by atoms with Gasteiger partial charge in [-0.25, -0.2) is 4.79 Å². The predicted molar refractivity (Wildman–Crippen MR) is 59.7 cm³/mol. The largest absolute Gasteiger partial charge is 0.405 e. The normalized spacial score (nSPS) is 28.5. The van der Waals surface area contributed by atoms with Crippen LogP contribution < -0.4 is 5.32 Å². The van der Waals surface area contributed by atoms with Crippen molar-refractivity contribution in [2.24, 2.45) is 0 Å². The van der Waals surface area contributed by atoms with Gasteiger partial charge in [0, 0.05) is 13.2 Å². The van der Waals surface area contributed by atoms with Crippen LogP contribution in [0.25, 0.3) is 0 Å². The Bertz CT molecular complexity index is 319. The molecule has 2 heterocycles. The summed E-state index contributed by atoms with van der Waals surface area (Å²) >= 11 is 0. The van der Waals surface area contributed by atoms with Gasteiger partial charge in [0.2, 0.25) is 0 Å². The Labute approximate surface area is 109 Å². The van der Waals surface area contributed by atoms with Crippen molar-refractivity contribution in [2.75, 3.05) is 32.8 Å². The Morgan fingerprint density at radius 1 is 1.26 bits per heavy atom. The lowest BCUT2D eigenvalue weighted by Gasteiger charge is -2.35. The zero-order chi connectivity index (χ0) is 13.9. The molecule has 2 aliphatic rings. The van der Waals surface area contributed by atoms with E-state index in [1.807, 2.05) is 5.32 Å². The number of nitrogens with zero attached hydrogens (tertiary/aromatic N) is 1. The molecule has 0 spiro atoms. The first-order chi connectivity index (χ1) is 8.96. The average Bonchev–Trinajstić information content (AvgIpc) is 2.89. The minimum atomic E-state index is -4.39. The molecule has 0 aromatic carbocycles. The van der Waals surface area contributed by atoms with E-state index in [2.05, 4.69) is 0 Å². The lowest BCUT2D eigenvalue weighted by molar-refractivity contribution is -0.124. The van der Waals surface area contributed by atoms with Gasteiger partial charge in [0.05, 0.1) is 19.3 Å². The maximum Gasteiger partial charge on any atom is 0.405 e. The molecule has 110 valence electrons. The summed E-state index contributed by atoms with van der Waals surface area (Å²) in [6.45, 7) is 0.254. The lowest BCUT2D eigenvalue weighted by atomic mass is 10.1. The molecule has 0 bridgehead atoms. The summed E-state index contributed by atoms with van der Waals surface area (Å²) in [5.41, 5.74) is 0. The number of nitrogens with one attached hydrogen (secondary N) is 1. The zero-order valence-electron chi connectivity index (χ0n) is 10.4. The zero-order valence-corrected chi connectivity index (χ0v) is 10.4. The summed E-state index contributed by atoms with van der Waals surface area (Å²) in [7, 11) is 0. The number of ether oxygens (including phenoxy) is 2. The Morgan fingerprint density at radius 3 is 2.63 bits per heavy atom. The van der Waals surface area contributed by atoms with Crippen LogP contribution in [0.15, 0.2) is 0 Å². The van der Waals surface area contributed by atoms with Crippen LogP contribution in [0.2, 0.25) is 0 Å². The van der Waals surface area contributed by atoms with E-state index in [-0.39, 0.29) is 18.8 Å². The molecule has 5 nitrogen and oxygen atoms in total. The Kier molecular flexibility index (Phi) is 4.51. The van der Waals surface area contributed by atoms with Crippen molar-refractivity contribution in [1.29, 1.82) is 0 Å². The molecular weight excluding hydrogens is 265 g/mol. The highest BCUT2D eigenvalue weighted by atomic mass is 19.4. The molecule has 0 saturated carbocycles. The first kappa shape index (κ1) is 14.4. The van der Waals surface area contributed by atoms with E-state index in [4.69, 9.17) is 9.47 Å². The molecule has 2 amide bonds. The highest BCUT2D eigenvalue weighted by Gasteiger charge is 2.34. The quantitative estimate of drug-likeness (QED) is 0.826. The number of rotatable bonds is 2. The number of morpholine rings is 1. The number of halogens is 3. The van der Waals surface area contributed by atoms with Gasteiger partial charge in [-0.15, -0.1) is 0 Å². The monoisotopic (exact) mass is 282 g/mol. The van der Waals surface area contributed by atoms with Crippen LogP contribution in [-0.2, 0) is 9.47 Å². The highest BCUT2D eigenvalue weighted by molar-refractivity contribution is 5.74. The van der Waals surface area contributed by atoms with Crippen LogP contribution in [0.4, 0.5) is 18.0 Å². The summed E-state index contributed by atoms with van der Waals surface area (Å²) in [6, 6.07) is -0.705. The molecule has 0 aromatic heterocycles. The van der Waals surface area contributed by atoms with E-state index in [1.165, 1.54) is 4.90 Å². The number of amides is 2. The molecular formula is C11H17F3N2O3. The van der Waals surface area contributed by atoms with Gasteiger partial charge < -0.3 is 19.7 Å². The Balaban J connectivity index is 1.81. The average molecular weight is 282 g/mol. The highest BCUT2D eigenvalue weighted by Crippen LogP contribution is 2.21.